The van der Waals surface area contributed by atoms with Crippen molar-refractivity contribution in [3.05, 3.63) is 42.0 Å². The van der Waals surface area contributed by atoms with E-state index in [2.05, 4.69) is 5.32 Å². The maximum Gasteiger partial charge on any atom is 0.342 e. The van der Waals surface area contributed by atoms with Crippen molar-refractivity contribution < 1.29 is 19.1 Å². The Morgan fingerprint density at radius 3 is 2.43 bits per heavy atom. The zero-order valence-corrected chi connectivity index (χ0v) is 12.0. The van der Waals surface area contributed by atoms with Crippen molar-refractivity contribution >= 4 is 22.6 Å². The average molecular weight is 287 g/mol. The molecule has 0 bridgehead atoms. The molecule has 0 aliphatic rings. The fraction of sp³-hybridized carbons (Fsp3) is 0.250. The second-order valence-electron chi connectivity index (χ2n) is 4.43. The van der Waals surface area contributed by atoms with E-state index in [1.165, 1.54) is 7.11 Å². The minimum absolute atomic E-state index is 0.303. The number of nitrogens with one attached hydrogen (secondary N) is 1. The molecule has 1 amide bonds. The normalized spacial score (nSPS) is 10.2. The molecule has 0 fully saturated rings. The van der Waals surface area contributed by atoms with Crippen LogP contribution in [0.1, 0.15) is 17.3 Å². The molecular formula is C16H17NO4. The lowest BCUT2D eigenvalue weighted by atomic mass is 10.1. The summed E-state index contributed by atoms with van der Waals surface area (Å²) < 4.78 is 10.2. The standard InChI is InChI=1S/C16H17NO4/c1-3-17-15(18)10-21-16(19)13-8-11-6-4-5-7-12(11)9-14(13)20-2/h4-9H,3,10H2,1-2H3,(H,17,18). The van der Waals surface area contributed by atoms with Crippen LogP contribution in [0.3, 0.4) is 0 Å². The second-order valence-corrected chi connectivity index (χ2v) is 4.43. The molecule has 0 aliphatic heterocycles. The number of hydrogen-bond donors (Lipinski definition) is 1. The smallest absolute Gasteiger partial charge is 0.342 e. The molecule has 0 saturated carbocycles. The molecule has 0 heterocycles. The van der Waals surface area contributed by atoms with E-state index in [1.807, 2.05) is 24.3 Å². The van der Waals surface area contributed by atoms with Gasteiger partial charge in [-0.3, -0.25) is 4.79 Å². The number of fused-ring (bicyclic) bond motifs is 1. The summed E-state index contributed by atoms with van der Waals surface area (Å²) in [6.45, 7) is 1.99. The summed E-state index contributed by atoms with van der Waals surface area (Å²) in [5, 5.41) is 4.44. The highest BCUT2D eigenvalue weighted by Gasteiger charge is 2.16. The van der Waals surface area contributed by atoms with E-state index in [4.69, 9.17) is 9.47 Å². The predicted molar refractivity (Wildman–Crippen MR) is 79.5 cm³/mol. The van der Waals surface area contributed by atoms with Crippen molar-refractivity contribution in [2.75, 3.05) is 20.3 Å². The van der Waals surface area contributed by atoms with Crippen LogP contribution in [0, 0.1) is 0 Å². The number of methoxy groups -OCH3 is 1. The van der Waals surface area contributed by atoms with Crippen molar-refractivity contribution in [1.29, 1.82) is 0 Å². The molecule has 5 heteroatoms. The highest BCUT2D eigenvalue weighted by molar-refractivity contribution is 5.99. The van der Waals surface area contributed by atoms with Gasteiger partial charge in [0.2, 0.25) is 0 Å². The summed E-state index contributed by atoms with van der Waals surface area (Å²) >= 11 is 0. The van der Waals surface area contributed by atoms with Crippen LogP contribution in [-0.4, -0.2) is 32.1 Å². The Labute approximate surface area is 122 Å². The van der Waals surface area contributed by atoms with Gasteiger partial charge in [-0.1, -0.05) is 24.3 Å². The van der Waals surface area contributed by atoms with Crippen LogP contribution in [0.2, 0.25) is 0 Å². The summed E-state index contributed by atoms with van der Waals surface area (Å²) in [5.74, 6) is -0.482. The van der Waals surface area contributed by atoms with Crippen LogP contribution < -0.4 is 10.1 Å². The molecule has 0 aliphatic carbocycles. The van der Waals surface area contributed by atoms with Gasteiger partial charge in [-0.15, -0.1) is 0 Å². The molecule has 110 valence electrons. The van der Waals surface area contributed by atoms with Gasteiger partial charge in [0.15, 0.2) is 6.61 Å². The molecule has 0 radical (unpaired) electrons. The van der Waals surface area contributed by atoms with E-state index in [1.54, 1.807) is 19.1 Å². The Bertz CT molecular complexity index is 666. The van der Waals surface area contributed by atoms with Crippen molar-refractivity contribution in [3.63, 3.8) is 0 Å². The zero-order valence-electron chi connectivity index (χ0n) is 12.0. The molecule has 0 spiro atoms. The number of amides is 1. The molecule has 21 heavy (non-hydrogen) atoms. The van der Waals surface area contributed by atoms with Crippen LogP contribution in [-0.2, 0) is 9.53 Å². The third-order valence-corrected chi connectivity index (χ3v) is 3.00. The van der Waals surface area contributed by atoms with Crippen molar-refractivity contribution in [1.82, 2.24) is 5.32 Å². The largest absolute Gasteiger partial charge is 0.496 e. The number of carbonyl (C=O) groups is 2. The Balaban J connectivity index is 2.23. The van der Waals surface area contributed by atoms with E-state index in [0.29, 0.717) is 17.9 Å². The van der Waals surface area contributed by atoms with Crippen molar-refractivity contribution in [2.24, 2.45) is 0 Å². The highest BCUT2D eigenvalue weighted by Crippen LogP contribution is 2.26. The van der Waals surface area contributed by atoms with E-state index < -0.39 is 5.97 Å². The summed E-state index contributed by atoms with van der Waals surface area (Å²) in [6.07, 6.45) is 0. The Hall–Kier alpha value is -2.56. The van der Waals surface area contributed by atoms with E-state index in [-0.39, 0.29) is 12.5 Å². The van der Waals surface area contributed by atoms with Crippen LogP contribution in [0.25, 0.3) is 10.8 Å². The minimum atomic E-state index is -0.580. The Morgan fingerprint density at radius 2 is 1.81 bits per heavy atom. The van der Waals surface area contributed by atoms with Gasteiger partial charge < -0.3 is 14.8 Å². The van der Waals surface area contributed by atoms with E-state index >= 15 is 0 Å². The van der Waals surface area contributed by atoms with E-state index in [0.717, 1.165) is 10.8 Å². The number of hydrogen-bond acceptors (Lipinski definition) is 4. The second kappa shape index (κ2) is 6.74. The van der Waals surface area contributed by atoms with Crippen LogP contribution in [0.5, 0.6) is 5.75 Å². The first-order valence-corrected chi connectivity index (χ1v) is 6.66. The quantitative estimate of drug-likeness (QED) is 0.856. The van der Waals surface area contributed by atoms with Crippen molar-refractivity contribution in [3.8, 4) is 5.75 Å². The molecule has 2 aromatic rings. The summed E-state index contributed by atoms with van der Waals surface area (Å²) in [7, 11) is 1.49. The van der Waals surface area contributed by atoms with Gasteiger partial charge in [0.05, 0.1) is 7.11 Å². The SMILES string of the molecule is CCNC(=O)COC(=O)c1cc2ccccc2cc1OC. The van der Waals surface area contributed by atoms with Gasteiger partial charge in [-0.25, -0.2) is 4.79 Å². The molecule has 2 aromatic carbocycles. The van der Waals surface area contributed by atoms with Gasteiger partial charge in [-0.05, 0) is 29.8 Å². The highest BCUT2D eigenvalue weighted by atomic mass is 16.5. The molecular weight excluding hydrogens is 270 g/mol. The Kier molecular flexibility index (Phi) is 4.77. The van der Waals surface area contributed by atoms with Gasteiger partial charge in [-0.2, -0.15) is 0 Å². The number of rotatable bonds is 5. The number of carbonyl (C=O) groups excluding carboxylic acids is 2. The third-order valence-electron chi connectivity index (χ3n) is 3.00. The predicted octanol–water partition coefficient (Wildman–Crippen LogP) is 2.14. The molecule has 0 atom stereocenters. The van der Waals surface area contributed by atoms with Crippen molar-refractivity contribution in [2.45, 2.75) is 6.92 Å². The van der Waals surface area contributed by atoms with Crippen LogP contribution in [0.15, 0.2) is 36.4 Å². The van der Waals surface area contributed by atoms with Crippen LogP contribution in [0.4, 0.5) is 0 Å². The maximum absolute atomic E-state index is 12.1. The first kappa shape index (κ1) is 14.8. The summed E-state index contributed by atoms with van der Waals surface area (Å²) in [6, 6.07) is 11.1. The number of benzene rings is 2. The lowest BCUT2D eigenvalue weighted by molar-refractivity contribution is -0.124. The van der Waals surface area contributed by atoms with Gasteiger partial charge >= 0.3 is 5.97 Å². The molecule has 1 N–H and O–H groups in total. The molecule has 0 aromatic heterocycles. The summed E-state index contributed by atoms with van der Waals surface area (Å²) in [5.41, 5.74) is 0.306. The first-order chi connectivity index (χ1) is 10.2. The van der Waals surface area contributed by atoms with Gasteiger partial charge in [0, 0.05) is 6.54 Å². The fourth-order valence-electron chi connectivity index (χ4n) is 2.00. The topological polar surface area (TPSA) is 64.6 Å². The molecule has 5 nitrogen and oxygen atoms in total. The molecule has 0 unspecified atom stereocenters. The van der Waals surface area contributed by atoms with Gasteiger partial charge in [0.25, 0.3) is 5.91 Å². The molecule has 0 saturated heterocycles. The third kappa shape index (κ3) is 3.51. The number of likely N-dealkylation sites (N-methyl/N-ethyl adjacent to an activating group) is 1. The molecule has 2 rings (SSSR count). The summed E-state index contributed by atoms with van der Waals surface area (Å²) in [4.78, 5) is 23.4. The first-order valence-electron chi connectivity index (χ1n) is 6.66. The Morgan fingerprint density at radius 1 is 1.14 bits per heavy atom. The average Bonchev–Trinajstić information content (AvgIpc) is 2.51. The van der Waals surface area contributed by atoms with E-state index in [9.17, 15) is 9.59 Å². The maximum atomic E-state index is 12.1. The lowest BCUT2D eigenvalue weighted by Crippen LogP contribution is -2.28. The zero-order chi connectivity index (χ0) is 15.2. The fourth-order valence-corrected chi connectivity index (χ4v) is 2.00. The number of esters is 1. The lowest BCUT2D eigenvalue weighted by Gasteiger charge is -2.10. The van der Waals surface area contributed by atoms with Gasteiger partial charge in [0.1, 0.15) is 11.3 Å². The van der Waals surface area contributed by atoms with Crippen LogP contribution >= 0.6 is 0 Å². The monoisotopic (exact) mass is 287 g/mol. The number of ether oxygens (including phenoxy) is 2. The minimum Gasteiger partial charge on any atom is -0.496 e.